The Morgan fingerprint density at radius 1 is 1.50 bits per heavy atom. The van der Waals surface area contributed by atoms with E-state index in [1.807, 2.05) is 6.92 Å². The van der Waals surface area contributed by atoms with Crippen molar-refractivity contribution in [3.8, 4) is 0 Å². The minimum atomic E-state index is 0. The fourth-order valence-corrected chi connectivity index (χ4v) is 0.637. The first kappa shape index (κ1) is 9.21. The predicted octanol–water partition coefficient (Wildman–Crippen LogP) is 2.74. The lowest BCUT2D eigenvalue weighted by atomic mass is 10.2. The van der Waals surface area contributed by atoms with Gasteiger partial charge in [-0.25, -0.2) is 4.98 Å². The molecule has 0 saturated carbocycles. The summed E-state index contributed by atoms with van der Waals surface area (Å²) in [6.45, 7) is 6.05. The van der Waals surface area contributed by atoms with E-state index in [0.717, 1.165) is 11.6 Å². The summed E-state index contributed by atoms with van der Waals surface area (Å²) in [7, 11) is 0. The molecule has 2 heteroatoms. The number of nitrogens with zero attached hydrogens (tertiary/aromatic N) is 1. The molecule has 0 N–H and O–H groups in total. The summed E-state index contributed by atoms with van der Waals surface area (Å²) in [6.07, 6.45) is 1.68. The highest BCUT2D eigenvalue weighted by molar-refractivity contribution is 4.95. The van der Waals surface area contributed by atoms with Crippen LogP contribution in [0.3, 0.4) is 0 Å². The summed E-state index contributed by atoms with van der Waals surface area (Å²) in [5.41, 5.74) is 0.957. The summed E-state index contributed by atoms with van der Waals surface area (Å²) in [6, 6.07) is 0. The molecule has 1 aromatic rings. The van der Waals surface area contributed by atoms with Gasteiger partial charge in [-0.3, -0.25) is 0 Å². The Morgan fingerprint density at radius 2 is 2.10 bits per heavy atom. The smallest absolute Gasteiger partial charge is 0.196 e. The molecule has 0 radical (unpaired) electrons. The van der Waals surface area contributed by atoms with Gasteiger partial charge >= 0.3 is 0 Å². The first-order chi connectivity index (χ1) is 4.20. The van der Waals surface area contributed by atoms with Crippen molar-refractivity contribution >= 4 is 0 Å². The van der Waals surface area contributed by atoms with Crippen molar-refractivity contribution < 1.29 is 4.42 Å². The highest BCUT2D eigenvalue weighted by Crippen LogP contribution is 2.11. The summed E-state index contributed by atoms with van der Waals surface area (Å²) in [4.78, 5) is 4.14. The standard InChI is InChI=1S/C7H11NO.CH4/c1-5(2)7-8-6(3)4-9-7;/h4-5H,1-3H3;1H4. The number of aromatic nitrogens is 1. The summed E-state index contributed by atoms with van der Waals surface area (Å²) < 4.78 is 5.11. The van der Waals surface area contributed by atoms with E-state index in [2.05, 4.69) is 18.8 Å². The van der Waals surface area contributed by atoms with Gasteiger partial charge in [0.2, 0.25) is 0 Å². The third-order valence-corrected chi connectivity index (χ3v) is 1.13. The maximum atomic E-state index is 5.11. The Hall–Kier alpha value is -0.790. The van der Waals surface area contributed by atoms with Gasteiger partial charge in [-0.2, -0.15) is 0 Å². The molecule has 0 aliphatic heterocycles. The number of aryl methyl sites for hydroxylation is 1. The van der Waals surface area contributed by atoms with Crippen LogP contribution in [0.25, 0.3) is 0 Å². The van der Waals surface area contributed by atoms with Gasteiger partial charge in [0.1, 0.15) is 6.26 Å². The van der Waals surface area contributed by atoms with E-state index >= 15 is 0 Å². The molecule has 1 heterocycles. The minimum Gasteiger partial charge on any atom is -0.448 e. The fraction of sp³-hybridized carbons (Fsp3) is 0.625. The molecule has 0 unspecified atom stereocenters. The van der Waals surface area contributed by atoms with Crippen LogP contribution in [0.15, 0.2) is 10.7 Å². The van der Waals surface area contributed by atoms with Crippen LogP contribution in [0.2, 0.25) is 0 Å². The molecule has 58 valence electrons. The summed E-state index contributed by atoms with van der Waals surface area (Å²) in [5.74, 6) is 1.23. The zero-order chi connectivity index (χ0) is 6.85. The van der Waals surface area contributed by atoms with E-state index in [1.54, 1.807) is 6.26 Å². The van der Waals surface area contributed by atoms with Crippen molar-refractivity contribution in [1.29, 1.82) is 0 Å². The molecule has 0 bridgehead atoms. The molecule has 0 spiro atoms. The second kappa shape index (κ2) is 3.40. The molecule has 1 rings (SSSR count). The SMILES string of the molecule is C.Cc1coc(C(C)C)n1. The van der Waals surface area contributed by atoms with Gasteiger partial charge in [0.05, 0.1) is 5.69 Å². The van der Waals surface area contributed by atoms with Crippen molar-refractivity contribution in [2.45, 2.75) is 34.1 Å². The Labute approximate surface area is 62.3 Å². The summed E-state index contributed by atoms with van der Waals surface area (Å²) >= 11 is 0. The number of hydrogen-bond donors (Lipinski definition) is 0. The molecular weight excluding hydrogens is 126 g/mol. The molecule has 0 aliphatic rings. The van der Waals surface area contributed by atoms with Crippen LogP contribution < -0.4 is 0 Å². The van der Waals surface area contributed by atoms with Gasteiger partial charge < -0.3 is 4.42 Å². The molecule has 1 aromatic heterocycles. The fourth-order valence-electron chi connectivity index (χ4n) is 0.637. The molecule has 0 fully saturated rings. The molecule has 0 amide bonds. The third kappa shape index (κ3) is 1.87. The second-order valence-corrected chi connectivity index (χ2v) is 2.48. The van der Waals surface area contributed by atoms with Crippen LogP contribution in [-0.2, 0) is 0 Å². The largest absolute Gasteiger partial charge is 0.448 e. The Morgan fingerprint density at radius 3 is 2.30 bits per heavy atom. The molecule has 0 atom stereocenters. The maximum absolute atomic E-state index is 5.11. The molecular formula is C8H15NO. The number of hydrogen-bond acceptors (Lipinski definition) is 2. The van der Waals surface area contributed by atoms with Crippen LogP contribution >= 0.6 is 0 Å². The lowest BCUT2D eigenvalue weighted by Crippen LogP contribution is -1.85. The van der Waals surface area contributed by atoms with Crippen LogP contribution in [0.1, 0.15) is 38.8 Å². The summed E-state index contributed by atoms with van der Waals surface area (Å²) in [5, 5.41) is 0. The van der Waals surface area contributed by atoms with Crippen molar-refractivity contribution in [1.82, 2.24) is 4.98 Å². The molecule has 2 nitrogen and oxygen atoms in total. The predicted molar refractivity (Wildman–Crippen MR) is 42.1 cm³/mol. The van der Waals surface area contributed by atoms with E-state index in [4.69, 9.17) is 4.42 Å². The average Bonchev–Trinajstić information content (AvgIpc) is 2.14. The topological polar surface area (TPSA) is 26.0 Å². The van der Waals surface area contributed by atoms with Gasteiger partial charge in [0.25, 0.3) is 0 Å². The zero-order valence-electron chi connectivity index (χ0n) is 6.01. The van der Waals surface area contributed by atoms with Gasteiger partial charge in [-0.1, -0.05) is 21.3 Å². The molecule has 10 heavy (non-hydrogen) atoms. The second-order valence-electron chi connectivity index (χ2n) is 2.48. The van der Waals surface area contributed by atoms with E-state index in [0.29, 0.717) is 5.92 Å². The van der Waals surface area contributed by atoms with Gasteiger partial charge in [-0.15, -0.1) is 0 Å². The molecule has 0 saturated heterocycles. The lowest BCUT2D eigenvalue weighted by molar-refractivity contribution is 0.471. The van der Waals surface area contributed by atoms with E-state index in [-0.39, 0.29) is 7.43 Å². The molecule has 0 aliphatic carbocycles. The molecule has 0 aromatic carbocycles. The first-order valence-corrected chi connectivity index (χ1v) is 3.12. The average molecular weight is 141 g/mol. The van der Waals surface area contributed by atoms with E-state index in [1.165, 1.54) is 0 Å². The Kier molecular flexibility index (Phi) is 3.13. The van der Waals surface area contributed by atoms with Gasteiger partial charge in [0.15, 0.2) is 5.89 Å². The number of rotatable bonds is 1. The highest BCUT2D eigenvalue weighted by Gasteiger charge is 2.03. The van der Waals surface area contributed by atoms with Crippen molar-refractivity contribution in [2.75, 3.05) is 0 Å². The van der Waals surface area contributed by atoms with Crippen LogP contribution in [0.4, 0.5) is 0 Å². The Balaban J connectivity index is 0.000000810. The van der Waals surface area contributed by atoms with Gasteiger partial charge in [0, 0.05) is 5.92 Å². The van der Waals surface area contributed by atoms with Crippen molar-refractivity contribution in [3.63, 3.8) is 0 Å². The van der Waals surface area contributed by atoms with Crippen LogP contribution in [-0.4, -0.2) is 4.98 Å². The monoisotopic (exact) mass is 141 g/mol. The van der Waals surface area contributed by atoms with Crippen molar-refractivity contribution in [3.05, 3.63) is 17.8 Å². The third-order valence-electron chi connectivity index (χ3n) is 1.13. The highest BCUT2D eigenvalue weighted by atomic mass is 16.3. The first-order valence-electron chi connectivity index (χ1n) is 3.12. The van der Waals surface area contributed by atoms with E-state index < -0.39 is 0 Å². The van der Waals surface area contributed by atoms with Gasteiger partial charge in [-0.05, 0) is 6.92 Å². The Bertz CT molecular complexity index is 191. The van der Waals surface area contributed by atoms with Crippen LogP contribution in [0, 0.1) is 6.92 Å². The normalized spacial score (nSPS) is 9.60. The number of oxazole rings is 1. The van der Waals surface area contributed by atoms with Crippen molar-refractivity contribution in [2.24, 2.45) is 0 Å². The zero-order valence-corrected chi connectivity index (χ0v) is 6.01. The lowest BCUT2D eigenvalue weighted by Gasteiger charge is -1.93. The van der Waals surface area contributed by atoms with E-state index in [9.17, 15) is 0 Å². The van der Waals surface area contributed by atoms with Crippen LogP contribution in [0.5, 0.6) is 0 Å². The maximum Gasteiger partial charge on any atom is 0.196 e. The minimum absolute atomic E-state index is 0. The quantitative estimate of drug-likeness (QED) is 0.601.